The fourth-order valence-corrected chi connectivity index (χ4v) is 5.67. The Balaban J connectivity index is 1.47. The van der Waals surface area contributed by atoms with E-state index >= 15 is 0 Å². The highest BCUT2D eigenvalue weighted by molar-refractivity contribution is 7.89. The Bertz CT molecular complexity index is 934. The lowest BCUT2D eigenvalue weighted by atomic mass is 9.95. The summed E-state index contributed by atoms with van der Waals surface area (Å²) < 4.78 is 27.0. The molecule has 0 unspecified atom stereocenters. The molecule has 1 atom stereocenters. The summed E-state index contributed by atoms with van der Waals surface area (Å²) in [5.41, 5.74) is 3.47. The lowest BCUT2D eigenvalue weighted by Gasteiger charge is -2.31. The summed E-state index contributed by atoms with van der Waals surface area (Å²) in [7, 11) is -3.28. The molecule has 2 aromatic carbocycles. The Morgan fingerprint density at radius 3 is 2.32 bits per heavy atom. The van der Waals surface area contributed by atoms with Gasteiger partial charge in [0.1, 0.15) is 0 Å². The number of sulfonamides is 1. The van der Waals surface area contributed by atoms with Crippen LogP contribution in [-0.2, 0) is 21.2 Å². The number of hydrogen-bond acceptors (Lipinski definition) is 3. The zero-order valence-electron chi connectivity index (χ0n) is 18.6. The molecule has 0 bridgehead atoms. The Labute approximate surface area is 186 Å². The average Bonchev–Trinajstić information content (AvgIpc) is 2.78. The molecule has 1 fully saturated rings. The monoisotopic (exact) mass is 442 g/mol. The van der Waals surface area contributed by atoms with Crippen molar-refractivity contribution in [3.8, 4) is 0 Å². The number of amides is 1. The van der Waals surface area contributed by atoms with Crippen LogP contribution in [0.25, 0.3) is 0 Å². The molecular formula is C25H34N2O3S. The predicted molar refractivity (Wildman–Crippen MR) is 125 cm³/mol. The third-order valence-corrected chi connectivity index (χ3v) is 8.09. The van der Waals surface area contributed by atoms with E-state index in [9.17, 15) is 13.2 Å². The third-order valence-electron chi connectivity index (χ3n) is 6.13. The van der Waals surface area contributed by atoms with Crippen LogP contribution in [0.2, 0.25) is 0 Å². The van der Waals surface area contributed by atoms with Gasteiger partial charge in [0.05, 0.1) is 11.8 Å². The SMILES string of the molecule is CC[C@H](NC(=O)C1CCN(S(=O)(=O)CCCc2ccccc2)CC1)c1ccc(C)cc1. The number of piperidine rings is 1. The topological polar surface area (TPSA) is 66.5 Å². The molecule has 1 aliphatic heterocycles. The van der Waals surface area contributed by atoms with Gasteiger partial charge in [0.15, 0.2) is 0 Å². The zero-order valence-corrected chi connectivity index (χ0v) is 19.4. The van der Waals surface area contributed by atoms with Gasteiger partial charge in [-0.25, -0.2) is 12.7 Å². The number of nitrogens with zero attached hydrogens (tertiary/aromatic N) is 1. The van der Waals surface area contributed by atoms with Gasteiger partial charge >= 0.3 is 0 Å². The first-order valence-corrected chi connectivity index (χ1v) is 12.9. The Kier molecular flexibility index (Phi) is 8.27. The van der Waals surface area contributed by atoms with Gasteiger partial charge in [-0.2, -0.15) is 0 Å². The van der Waals surface area contributed by atoms with Crippen LogP contribution in [0.3, 0.4) is 0 Å². The normalized spacial score (nSPS) is 16.7. The highest BCUT2D eigenvalue weighted by atomic mass is 32.2. The Morgan fingerprint density at radius 2 is 1.71 bits per heavy atom. The van der Waals surface area contributed by atoms with Crippen molar-refractivity contribution in [1.82, 2.24) is 9.62 Å². The fraction of sp³-hybridized carbons (Fsp3) is 0.480. The van der Waals surface area contributed by atoms with Crippen molar-refractivity contribution in [2.45, 2.75) is 52.0 Å². The molecule has 6 heteroatoms. The average molecular weight is 443 g/mol. The lowest BCUT2D eigenvalue weighted by Crippen LogP contribution is -2.44. The first kappa shape index (κ1) is 23.5. The second kappa shape index (κ2) is 10.9. The second-order valence-electron chi connectivity index (χ2n) is 8.46. The molecule has 1 amide bonds. The van der Waals surface area contributed by atoms with Crippen LogP contribution in [-0.4, -0.2) is 37.5 Å². The number of carbonyl (C=O) groups is 1. The third kappa shape index (κ3) is 6.65. The minimum atomic E-state index is -3.28. The van der Waals surface area contributed by atoms with E-state index in [4.69, 9.17) is 0 Å². The molecule has 3 rings (SSSR count). The number of benzene rings is 2. The summed E-state index contributed by atoms with van der Waals surface area (Å²) in [6, 6.07) is 18.2. The molecule has 0 radical (unpaired) electrons. The predicted octanol–water partition coefficient (Wildman–Crippen LogP) is 4.24. The number of rotatable bonds is 9. The molecule has 31 heavy (non-hydrogen) atoms. The first-order valence-electron chi connectivity index (χ1n) is 11.3. The van der Waals surface area contributed by atoms with Crippen molar-refractivity contribution in [1.29, 1.82) is 0 Å². The number of hydrogen-bond donors (Lipinski definition) is 1. The van der Waals surface area contributed by atoms with E-state index < -0.39 is 10.0 Å². The minimum Gasteiger partial charge on any atom is -0.349 e. The van der Waals surface area contributed by atoms with Crippen LogP contribution < -0.4 is 5.32 Å². The molecule has 2 aromatic rings. The maximum Gasteiger partial charge on any atom is 0.223 e. The quantitative estimate of drug-likeness (QED) is 0.632. The molecule has 1 N–H and O–H groups in total. The van der Waals surface area contributed by atoms with E-state index in [0.29, 0.717) is 32.4 Å². The Hall–Kier alpha value is -2.18. The van der Waals surface area contributed by atoms with Gasteiger partial charge in [-0.3, -0.25) is 4.79 Å². The number of aryl methyl sites for hydroxylation is 2. The van der Waals surface area contributed by atoms with Crippen LogP contribution in [0.15, 0.2) is 54.6 Å². The first-order chi connectivity index (χ1) is 14.9. The highest BCUT2D eigenvalue weighted by Crippen LogP contribution is 2.23. The summed E-state index contributed by atoms with van der Waals surface area (Å²) in [5.74, 6) is 0.0631. The standard InChI is InChI=1S/C25H34N2O3S/c1-3-24(22-13-11-20(2)12-14-22)26-25(28)23-15-17-27(18-16-23)31(29,30)19-7-10-21-8-5-4-6-9-21/h4-6,8-9,11-14,23-24H,3,7,10,15-19H2,1-2H3,(H,26,28)/t24-/m0/s1. The van der Waals surface area contributed by atoms with E-state index in [0.717, 1.165) is 24.0 Å². The molecule has 1 aliphatic rings. The van der Waals surface area contributed by atoms with Crippen molar-refractivity contribution in [3.05, 3.63) is 71.3 Å². The van der Waals surface area contributed by atoms with Crippen molar-refractivity contribution in [2.24, 2.45) is 5.92 Å². The number of nitrogens with one attached hydrogen (secondary N) is 1. The van der Waals surface area contributed by atoms with Crippen LogP contribution in [0.4, 0.5) is 0 Å². The zero-order chi connectivity index (χ0) is 22.3. The van der Waals surface area contributed by atoms with Gasteiger partial charge in [-0.05, 0) is 50.2 Å². The number of carbonyl (C=O) groups excluding carboxylic acids is 1. The summed E-state index contributed by atoms with van der Waals surface area (Å²) in [5, 5.41) is 3.17. The molecule has 0 aliphatic carbocycles. The molecular weight excluding hydrogens is 408 g/mol. The van der Waals surface area contributed by atoms with Crippen LogP contribution in [0.5, 0.6) is 0 Å². The summed E-state index contributed by atoms with van der Waals surface area (Å²) in [6.45, 7) is 4.96. The molecule has 0 aromatic heterocycles. The molecule has 5 nitrogen and oxygen atoms in total. The van der Waals surface area contributed by atoms with E-state index in [1.54, 1.807) is 4.31 Å². The minimum absolute atomic E-state index is 0.00662. The van der Waals surface area contributed by atoms with E-state index in [2.05, 4.69) is 36.5 Å². The lowest BCUT2D eigenvalue weighted by molar-refractivity contribution is -0.126. The van der Waals surface area contributed by atoms with E-state index in [1.807, 2.05) is 37.3 Å². The molecule has 0 saturated carbocycles. The van der Waals surface area contributed by atoms with Gasteiger partial charge in [0.25, 0.3) is 0 Å². The maximum atomic E-state index is 12.8. The fourth-order valence-electron chi connectivity index (χ4n) is 4.14. The van der Waals surface area contributed by atoms with Gasteiger partial charge < -0.3 is 5.32 Å². The van der Waals surface area contributed by atoms with Crippen LogP contribution in [0.1, 0.15) is 55.3 Å². The molecule has 1 saturated heterocycles. The van der Waals surface area contributed by atoms with Crippen LogP contribution in [0, 0.1) is 12.8 Å². The second-order valence-corrected chi connectivity index (χ2v) is 10.5. The van der Waals surface area contributed by atoms with Gasteiger partial charge in [-0.1, -0.05) is 67.1 Å². The van der Waals surface area contributed by atoms with Gasteiger partial charge in [0, 0.05) is 19.0 Å². The van der Waals surface area contributed by atoms with Gasteiger partial charge in [0.2, 0.25) is 15.9 Å². The van der Waals surface area contributed by atoms with E-state index in [-0.39, 0.29) is 23.6 Å². The smallest absolute Gasteiger partial charge is 0.223 e. The molecule has 168 valence electrons. The molecule has 0 spiro atoms. The summed E-state index contributed by atoms with van der Waals surface area (Å²) >= 11 is 0. The summed E-state index contributed by atoms with van der Waals surface area (Å²) in [6.07, 6.45) is 3.35. The highest BCUT2D eigenvalue weighted by Gasteiger charge is 2.31. The summed E-state index contributed by atoms with van der Waals surface area (Å²) in [4.78, 5) is 12.8. The van der Waals surface area contributed by atoms with Crippen molar-refractivity contribution in [3.63, 3.8) is 0 Å². The van der Waals surface area contributed by atoms with Crippen LogP contribution >= 0.6 is 0 Å². The van der Waals surface area contributed by atoms with Crippen molar-refractivity contribution < 1.29 is 13.2 Å². The van der Waals surface area contributed by atoms with E-state index in [1.165, 1.54) is 5.56 Å². The maximum absolute atomic E-state index is 12.8. The molecule has 1 heterocycles. The Morgan fingerprint density at radius 1 is 1.06 bits per heavy atom. The van der Waals surface area contributed by atoms with Crippen molar-refractivity contribution in [2.75, 3.05) is 18.8 Å². The largest absolute Gasteiger partial charge is 0.349 e. The van der Waals surface area contributed by atoms with Crippen molar-refractivity contribution >= 4 is 15.9 Å². The van der Waals surface area contributed by atoms with Gasteiger partial charge in [-0.15, -0.1) is 0 Å².